The summed E-state index contributed by atoms with van der Waals surface area (Å²) in [5, 5.41) is 10.3. The Morgan fingerprint density at radius 3 is 2.44 bits per heavy atom. The Bertz CT molecular complexity index is 540. The van der Waals surface area contributed by atoms with Gasteiger partial charge >= 0.3 is 0 Å². The molecule has 2 aromatic rings. The Morgan fingerprint density at radius 2 is 1.89 bits per heavy atom. The molecule has 0 fully saturated rings. The Balaban J connectivity index is 2.31. The van der Waals surface area contributed by atoms with E-state index in [1.807, 2.05) is 30.3 Å². The average molecular weight is 371 g/mol. The van der Waals surface area contributed by atoms with Gasteiger partial charge in [0.1, 0.15) is 6.10 Å². The zero-order valence-corrected chi connectivity index (χ0v) is 13.1. The van der Waals surface area contributed by atoms with Gasteiger partial charge in [-0.2, -0.15) is 0 Å². The molecule has 1 heterocycles. The normalized spacial score (nSPS) is 12.4. The number of rotatable bonds is 3. The molecular formula is C14H13Br2NO. The average Bonchev–Trinajstić information content (AvgIpc) is 2.38. The highest BCUT2D eigenvalue weighted by Crippen LogP contribution is 2.28. The largest absolute Gasteiger partial charge is 0.382 e. The number of halogens is 2. The predicted molar refractivity (Wildman–Crippen MR) is 79.5 cm³/mol. The maximum Gasteiger partial charge on any atom is 0.122 e. The highest BCUT2D eigenvalue weighted by Gasteiger charge is 2.15. The van der Waals surface area contributed by atoms with Crippen molar-refractivity contribution in [3.05, 3.63) is 62.3 Å². The molecule has 2 rings (SSSR count). The van der Waals surface area contributed by atoms with Gasteiger partial charge in [0.25, 0.3) is 0 Å². The van der Waals surface area contributed by atoms with Gasteiger partial charge in [0.2, 0.25) is 0 Å². The summed E-state index contributed by atoms with van der Waals surface area (Å²) in [5.41, 5.74) is 2.74. The van der Waals surface area contributed by atoms with Crippen LogP contribution >= 0.6 is 31.9 Å². The minimum Gasteiger partial charge on any atom is -0.382 e. The van der Waals surface area contributed by atoms with Crippen LogP contribution in [-0.4, -0.2) is 10.1 Å². The molecule has 1 aromatic heterocycles. The van der Waals surface area contributed by atoms with Gasteiger partial charge < -0.3 is 5.11 Å². The molecule has 0 saturated heterocycles. The van der Waals surface area contributed by atoms with Crippen molar-refractivity contribution in [1.29, 1.82) is 0 Å². The van der Waals surface area contributed by atoms with Crippen LogP contribution < -0.4 is 0 Å². The minimum atomic E-state index is -0.710. The van der Waals surface area contributed by atoms with E-state index in [-0.39, 0.29) is 0 Å². The molecule has 0 aliphatic rings. The van der Waals surface area contributed by atoms with Gasteiger partial charge in [-0.15, -0.1) is 0 Å². The monoisotopic (exact) mass is 369 g/mol. The lowest BCUT2D eigenvalue weighted by Crippen LogP contribution is -2.03. The number of hydrogen-bond donors (Lipinski definition) is 1. The summed E-state index contributed by atoms with van der Waals surface area (Å²) in [6.45, 7) is 2.11. The third kappa shape index (κ3) is 2.99. The molecule has 1 unspecified atom stereocenters. The molecule has 1 atom stereocenters. The summed E-state index contributed by atoms with van der Waals surface area (Å²) in [6, 6.07) is 9.84. The van der Waals surface area contributed by atoms with E-state index in [1.165, 1.54) is 5.56 Å². The predicted octanol–water partition coefficient (Wildman–Crippen LogP) is 4.25. The zero-order chi connectivity index (χ0) is 13.1. The molecule has 1 N–H and O–H groups in total. The molecule has 0 saturated carbocycles. The van der Waals surface area contributed by atoms with Gasteiger partial charge in [0, 0.05) is 15.1 Å². The van der Waals surface area contributed by atoms with Crippen LogP contribution in [0.2, 0.25) is 0 Å². The highest BCUT2D eigenvalue weighted by molar-refractivity contribution is 9.11. The second-order valence-corrected chi connectivity index (χ2v) is 5.79. The lowest BCUT2D eigenvalue weighted by molar-refractivity contribution is 0.214. The second-order valence-electron chi connectivity index (χ2n) is 4.02. The molecule has 0 aliphatic heterocycles. The number of aliphatic hydroxyl groups is 1. The van der Waals surface area contributed by atoms with E-state index in [9.17, 15) is 5.11 Å². The fourth-order valence-electron chi connectivity index (χ4n) is 1.72. The minimum absolute atomic E-state index is 0.627. The summed E-state index contributed by atoms with van der Waals surface area (Å²) in [5.74, 6) is 0. The number of nitrogens with zero attached hydrogens (tertiary/aromatic N) is 1. The summed E-state index contributed by atoms with van der Waals surface area (Å²) in [6.07, 6.45) is 1.97. The number of aliphatic hydroxyl groups excluding tert-OH is 1. The number of hydrogen-bond acceptors (Lipinski definition) is 2. The van der Waals surface area contributed by atoms with Crippen molar-refractivity contribution >= 4 is 31.9 Å². The van der Waals surface area contributed by atoms with Gasteiger partial charge in [-0.25, -0.2) is 0 Å². The van der Waals surface area contributed by atoms with E-state index in [1.54, 1.807) is 6.20 Å². The molecule has 1 aromatic carbocycles. The quantitative estimate of drug-likeness (QED) is 0.875. The third-order valence-electron chi connectivity index (χ3n) is 2.80. The van der Waals surface area contributed by atoms with Crippen LogP contribution in [0.1, 0.15) is 29.8 Å². The third-order valence-corrected chi connectivity index (χ3v) is 3.87. The summed E-state index contributed by atoms with van der Waals surface area (Å²) in [7, 11) is 0. The van der Waals surface area contributed by atoms with Crippen LogP contribution in [0.5, 0.6) is 0 Å². The summed E-state index contributed by atoms with van der Waals surface area (Å²) in [4.78, 5) is 4.25. The molecule has 4 heteroatoms. The first kappa shape index (κ1) is 13.7. The smallest absolute Gasteiger partial charge is 0.122 e. The number of pyridine rings is 1. The van der Waals surface area contributed by atoms with Crippen LogP contribution in [0.15, 0.2) is 45.5 Å². The standard InChI is InChI=1S/C14H13Br2NO/c1-2-9-3-5-10(6-4-9)14(18)13-12(16)7-11(15)8-17-13/h3-8,14,18H,2H2,1H3. The molecule has 94 valence electrons. The van der Waals surface area contributed by atoms with Gasteiger partial charge in [-0.05, 0) is 55.5 Å². The lowest BCUT2D eigenvalue weighted by atomic mass is 10.0. The van der Waals surface area contributed by atoms with Gasteiger partial charge in [-0.1, -0.05) is 31.2 Å². The molecule has 0 aliphatic carbocycles. The molecule has 0 radical (unpaired) electrons. The van der Waals surface area contributed by atoms with Crippen LogP contribution in [-0.2, 0) is 6.42 Å². The van der Waals surface area contributed by atoms with E-state index >= 15 is 0 Å². The van der Waals surface area contributed by atoms with Crippen LogP contribution in [0.25, 0.3) is 0 Å². The zero-order valence-electron chi connectivity index (χ0n) is 9.90. The van der Waals surface area contributed by atoms with Crippen LogP contribution in [0.3, 0.4) is 0 Å². The number of aryl methyl sites for hydroxylation is 1. The van der Waals surface area contributed by atoms with Crippen LogP contribution in [0.4, 0.5) is 0 Å². The van der Waals surface area contributed by atoms with Crippen molar-refractivity contribution in [2.45, 2.75) is 19.4 Å². The SMILES string of the molecule is CCc1ccc(C(O)c2ncc(Br)cc2Br)cc1. The first-order valence-corrected chi connectivity index (χ1v) is 7.28. The van der Waals surface area contributed by atoms with E-state index < -0.39 is 6.10 Å². The van der Waals surface area contributed by atoms with Gasteiger partial charge in [0.15, 0.2) is 0 Å². The maximum atomic E-state index is 10.3. The maximum absolute atomic E-state index is 10.3. The van der Waals surface area contributed by atoms with E-state index in [4.69, 9.17) is 0 Å². The van der Waals surface area contributed by atoms with Crippen molar-refractivity contribution in [3.8, 4) is 0 Å². The molecule has 2 nitrogen and oxygen atoms in total. The Labute approximate surface area is 123 Å². The van der Waals surface area contributed by atoms with E-state index in [0.717, 1.165) is 20.9 Å². The summed E-state index contributed by atoms with van der Waals surface area (Å²) < 4.78 is 1.68. The fourth-order valence-corrected chi connectivity index (χ4v) is 2.92. The van der Waals surface area contributed by atoms with E-state index in [2.05, 4.69) is 43.8 Å². The second kappa shape index (κ2) is 5.95. The molecule has 0 spiro atoms. The van der Waals surface area contributed by atoms with Crippen molar-refractivity contribution in [3.63, 3.8) is 0 Å². The van der Waals surface area contributed by atoms with Crippen molar-refractivity contribution in [2.24, 2.45) is 0 Å². The molecule has 0 bridgehead atoms. The fraction of sp³-hybridized carbons (Fsp3) is 0.214. The van der Waals surface area contributed by atoms with E-state index in [0.29, 0.717) is 5.69 Å². The van der Waals surface area contributed by atoms with Crippen molar-refractivity contribution in [1.82, 2.24) is 4.98 Å². The Kier molecular flexibility index (Phi) is 4.54. The lowest BCUT2D eigenvalue weighted by Gasteiger charge is -2.13. The number of aromatic nitrogens is 1. The Hall–Kier alpha value is -0.710. The first-order valence-electron chi connectivity index (χ1n) is 5.69. The molecular weight excluding hydrogens is 358 g/mol. The van der Waals surface area contributed by atoms with Crippen molar-refractivity contribution < 1.29 is 5.11 Å². The van der Waals surface area contributed by atoms with Crippen LogP contribution in [0, 0.1) is 0 Å². The van der Waals surface area contributed by atoms with Gasteiger partial charge in [-0.3, -0.25) is 4.98 Å². The molecule has 18 heavy (non-hydrogen) atoms. The van der Waals surface area contributed by atoms with Crippen molar-refractivity contribution in [2.75, 3.05) is 0 Å². The topological polar surface area (TPSA) is 33.1 Å². The highest BCUT2D eigenvalue weighted by atomic mass is 79.9. The summed E-state index contributed by atoms with van der Waals surface area (Å²) >= 11 is 6.77. The first-order chi connectivity index (χ1) is 8.61. The Morgan fingerprint density at radius 1 is 1.22 bits per heavy atom. The molecule has 0 amide bonds. The number of benzene rings is 1. The van der Waals surface area contributed by atoms with Gasteiger partial charge in [0.05, 0.1) is 5.69 Å².